The summed E-state index contributed by atoms with van der Waals surface area (Å²) in [7, 11) is 0. The molecule has 0 saturated heterocycles. The molecule has 0 aliphatic carbocycles. The molecule has 1 aliphatic heterocycles. The summed E-state index contributed by atoms with van der Waals surface area (Å²) < 4.78 is 0. The minimum Gasteiger partial charge on any atom is -0.350 e. The Morgan fingerprint density at radius 3 is 2.88 bits per heavy atom. The number of rotatable bonds is 0. The molecule has 1 rings (SSSR count). The van der Waals surface area contributed by atoms with Crippen LogP contribution in [0.2, 0.25) is 0 Å². The van der Waals surface area contributed by atoms with Crippen LogP contribution in [-0.2, 0) is 0 Å². The normalized spacial score (nSPS) is 20.0. The third kappa shape index (κ3) is 1.23. The maximum Gasteiger partial charge on any atom is 0.265 e. The van der Waals surface area contributed by atoms with E-state index in [1.54, 1.807) is 6.20 Å². The Bertz CT molecular complexity index is 139. The first-order valence-corrected chi connectivity index (χ1v) is 2.67. The largest absolute Gasteiger partial charge is 0.350 e. The first-order valence-electron chi connectivity index (χ1n) is 2.30. The molecule has 0 aromatic carbocycles. The molecule has 2 nitrogen and oxygen atoms in total. The van der Waals surface area contributed by atoms with E-state index in [4.69, 9.17) is 11.6 Å². The summed E-state index contributed by atoms with van der Waals surface area (Å²) in [6.07, 6.45) is 3.61. The standard InChI is InChI=1S/C5H6ClN2/c1-4-2-3-7-5(6)8-4/h2-3,7H,1H3. The van der Waals surface area contributed by atoms with E-state index in [0.717, 1.165) is 5.71 Å². The van der Waals surface area contributed by atoms with Crippen LogP contribution in [0.15, 0.2) is 17.3 Å². The lowest BCUT2D eigenvalue weighted by molar-refractivity contribution is 0.955. The van der Waals surface area contributed by atoms with Crippen LogP contribution in [0.25, 0.3) is 0 Å². The van der Waals surface area contributed by atoms with Gasteiger partial charge in [-0.05, 0) is 13.0 Å². The predicted molar refractivity (Wildman–Crippen MR) is 34.5 cm³/mol. The highest BCUT2D eigenvalue weighted by atomic mass is 35.5. The smallest absolute Gasteiger partial charge is 0.265 e. The zero-order valence-corrected chi connectivity index (χ0v) is 5.24. The highest BCUT2D eigenvalue weighted by molar-refractivity contribution is 6.27. The predicted octanol–water partition coefficient (Wildman–Crippen LogP) is 1.25. The van der Waals surface area contributed by atoms with Gasteiger partial charge in [0.05, 0.1) is 0 Å². The Hall–Kier alpha value is -0.500. The van der Waals surface area contributed by atoms with Gasteiger partial charge in [0.2, 0.25) is 0 Å². The molecule has 0 atom stereocenters. The Balaban J connectivity index is 2.63. The number of nitrogens with one attached hydrogen (secondary N) is 1. The molecule has 0 aromatic heterocycles. The molecule has 0 spiro atoms. The van der Waals surface area contributed by atoms with E-state index < -0.39 is 0 Å². The third-order valence-electron chi connectivity index (χ3n) is 0.801. The monoisotopic (exact) mass is 129 g/mol. The summed E-state index contributed by atoms with van der Waals surface area (Å²) in [5.74, 6) is 0. The van der Waals surface area contributed by atoms with Crippen LogP contribution in [0.4, 0.5) is 0 Å². The maximum atomic E-state index is 5.48. The van der Waals surface area contributed by atoms with Crippen molar-refractivity contribution >= 4 is 17.3 Å². The zero-order valence-electron chi connectivity index (χ0n) is 4.48. The van der Waals surface area contributed by atoms with Crippen molar-refractivity contribution in [1.29, 1.82) is 0 Å². The highest BCUT2D eigenvalue weighted by Gasteiger charge is 2.02. The van der Waals surface area contributed by atoms with Crippen molar-refractivity contribution in [3.8, 4) is 0 Å². The van der Waals surface area contributed by atoms with Crippen LogP contribution >= 0.6 is 11.6 Å². The van der Waals surface area contributed by atoms with Gasteiger partial charge in [-0.1, -0.05) is 11.6 Å². The van der Waals surface area contributed by atoms with Crippen molar-refractivity contribution in [3.63, 3.8) is 0 Å². The van der Waals surface area contributed by atoms with Gasteiger partial charge in [0.1, 0.15) is 0 Å². The molecule has 0 fully saturated rings. The van der Waals surface area contributed by atoms with Crippen molar-refractivity contribution in [3.05, 3.63) is 17.9 Å². The number of nitrogens with zero attached hydrogens (tertiary/aromatic N) is 1. The summed E-state index contributed by atoms with van der Waals surface area (Å²) in [6, 6.07) is 0. The quantitative estimate of drug-likeness (QED) is 0.489. The van der Waals surface area contributed by atoms with Crippen LogP contribution < -0.4 is 5.32 Å². The molecule has 0 bridgehead atoms. The van der Waals surface area contributed by atoms with Gasteiger partial charge in [-0.15, -0.1) is 0 Å². The van der Waals surface area contributed by atoms with Gasteiger partial charge in [-0.25, -0.2) is 4.99 Å². The van der Waals surface area contributed by atoms with Crippen LogP contribution in [0.3, 0.4) is 0 Å². The van der Waals surface area contributed by atoms with E-state index in [-0.39, 0.29) is 0 Å². The zero-order chi connectivity index (χ0) is 5.98. The molecule has 0 aromatic rings. The molecule has 1 heterocycles. The molecular formula is C5H6ClN2. The van der Waals surface area contributed by atoms with Crippen LogP contribution in [0.5, 0.6) is 0 Å². The Morgan fingerprint density at radius 1 is 1.75 bits per heavy atom. The fourth-order valence-electron chi connectivity index (χ4n) is 0.455. The number of halogens is 1. The van der Waals surface area contributed by atoms with Gasteiger partial charge in [-0.3, -0.25) is 0 Å². The molecular weight excluding hydrogens is 124 g/mol. The SMILES string of the molecule is CC1=N[C](Cl)NC=C1. The van der Waals surface area contributed by atoms with Crippen molar-refractivity contribution in [2.45, 2.75) is 6.92 Å². The molecule has 43 valence electrons. The molecule has 1 N–H and O–H groups in total. The van der Waals surface area contributed by atoms with Gasteiger partial charge in [0, 0.05) is 11.9 Å². The lowest BCUT2D eigenvalue weighted by atomic mass is 10.4. The van der Waals surface area contributed by atoms with Crippen LogP contribution in [0, 0.1) is 5.62 Å². The summed E-state index contributed by atoms with van der Waals surface area (Å²) in [5.41, 5.74) is 1.36. The Labute approximate surface area is 53.3 Å². The summed E-state index contributed by atoms with van der Waals surface area (Å²) in [6.45, 7) is 1.89. The molecule has 1 aliphatic rings. The van der Waals surface area contributed by atoms with E-state index >= 15 is 0 Å². The fourth-order valence-corrected chi connectivity index (χ4v) is 0.652. The number of allylic oxidation sites excluding steroid dienone is 1. The lowest BCUT2D eigenvalue weighted by Crippen LogP contribution is -2.12. The van der Waals surface area contributed by atoms with Crippen LogP contribution in [0.1, 0.15) is 6.92 Å². The molecule has 0 saturated carbocycles. The van der Waals surface area contributed by atoms with E-state index in [2.05, 4.69) is 10.3 Å². The summed E-state index contributed by atoms with van der Waals surface area (Å²) in [5, 5.41) is 2.73. The van der Waals surface area contributed by atoms with Crippen molar-refractivity contribution in [2.75, 3.05) is 0 Å². The number of hydrogen-bond acceptors (Lipinski definition) is 2. The van der Waals surface area contributed by atoms with E-state index in [0.29, 0.717) is 5.62 Å². The number of hydrogen-bond donors (Lipinski definition) is 1. The average molecular weight is 130 g/mol. The minimum atomic E-state index is 0.435. The first kappa shape index (κ1) is 5.63. The summed E-state index contributed by atoms with van der Waals surface area (Å²) in [4.78, 5) is 3.88. The topological polar surface area (TPSA) is 24.4 Å². The van der Waals surface area contributed by atoms with Gasteiger partial charge in [0.25, 0.3) is 5.62 Å². The molecule has 1 radical (unpaired) electrons. The van der Waals surface area contributed by atoms with E-state index in [9.17, 15) is 0 Å². The lowest BCUT2D eigenvalue weighted by Gasteiger charge is -2.06. The summed E-state index contributed by atoms with van der Waals surface area (Å²) >= 11 is 5.48. The Kier molecular flexibility index (Phi) is 1.53. The number of aliphatic imine (C=N–C) groups is 1. The van der Waals surface area contributed by atoms with E-state index in [1.165, 1.54) is 0 Å². The maximum absolute atomic E-state index is 5.48. The average Bonchev–Trinajstić information content (AvgIpc) is 1.64. The van der Waals surface area contributed by atoms with Gasteiger partial charge in [0.15, 0.2) is 0 Å². The van der Waals surface area contributed by atoms with Gasteiger partial charge in [-0.2, -0.15) is 0 Å². The first-order chi connectivity index (χ1) is 3.79. The molecule has 0 unspecified atom stereocenters. The van der Waals surface area contributed by atoms with E-state index in [1.807, 2.05) is 13.0 Å². The van der Waals surface area contributed by atoms with Gasteiger partial charge < -0.3 is 5.32 Å². The second-order valence-corrected chi connectivity index (χ2v) is 1.88. The second kappa shape index (κ2) is 2.18. The second-order valence-electron chi connectivity index (χ2n) is 1.52. The third-order valence-corrected chi connectivity index (χ3v) is 0.995. The molecule has 8 heavy (non-hydrogen) atoms. The fraction of sp³-hybridized carbons (Fsp3) is 0.200. The van der Waals surface area contributed by atoms with Crippen molar-refractivity contribution < 1.29 is 0 Å². The van der Waals surface area contributed by atoms with Crippen molar-refractivity contribution in [1.82, 2.24) is 5.32 Å². The van der Waals surface area contributed by atoms with Crippen LogP contribution in [-0.4, -0.2) is 5.71 Å². The Morgan fingerprint density at radius 2 is 2.50 bits per heavy atom. The highest BCUT2D eigenvalue weighted by Crippen LogP contribution is 2.06. The van der Waals surface area contributed by atoms with Gasteiger partial charge >= 0.3 is 0 Å². The minimum absolute atomic E-state index is 0.435. The van der Waals surface area contributed by atoms with Crippen molar-refractivity contribution in [2.24, 2.45) is 4.99 Å². The molecule has 0 amide bonds. The molecule has 3 heteroatoms.